The highest BCUT2D eigenvalue weighted by molar-refractivity contribution is 5.96. The number of esters is 1. The second kappa shape index (κ2) is 9.43. The molecule has 0 radical (unpaired) electrons. The fourth-order valence-corrected chi connectivity index (χ4v) is 2.57. The number of hydrogen-bond acceptors (Lipinski definition) is 5. The number of carbonyl (C=O) groups excluding carboxylic acids is 3. The zero-order chi connectivity index (χ0) is 22.5. The smallest absolute Gasteiger partial charge is 0.347 e. The molecule has 2 aromatic rings. The molecule has 0 saturated heterocycles. The van der Waals surface area contributed by atoms with Gasteiger partial charge in [-0.3, -0.25) is 9.59 Å². The minimum atomic E-state index is -1.03. The molecule has 0 bridgehead atoms. The first-order valence-corrected chi connectivity index (χ1v) is 9.66. The van der Waals surface area contributed by atoms with Crippen molar-refractivity contribution < 1.29 is 23.9 Å². The minimum Gasteiger partial charge on any atom is -0.479 e. The van der Waals surface area contributed by atoms with Crippen LogP contribution >= 0.6 is 0 Å². The lowest BCUT2D eigenvalue weighted by atomic mass is 9.87. The summed E-state index contributed by atoms with van der Waals surface area (Å²) in [6, 6.07) is 13.6. The van der Waals surface area contributed by atoms with Gasteiger partial charge in [-0.15, -0.1) is 0 Å². The van der Waals surface area contributed by atoms with Gasteiger partial charge in [0, 0.05) is 11.3 Å². The summed E-state index contributed by atoms with van der Waals surface area (Å²) in [5.41, 5.74) is 7.14. The molecule has 30 heavy (non-hydrogen) atoms. The molecule has 3 N–H and O–H groups in total. The van der Waals surface area contributed by atoms with Gasteiger partial charge in [-0.25, -0.2) is 4.79 Å². The van der Waals surface area contributed by atoms with E-state index >= 15 is 0 Å². The second-order valence-corrected chi connectivity index (χ2v) is 8.04. The van der Waals surface area contributed by atoms with Gasteiger partial charge in [0.2, 0.25) is 5.91 Å². The topological polar surface area (TPSA) is 108 Å². The Labute approximate surface area is 176 Å². The number of hydrogen-bond donors (Lipinski definition) is 2. The van der Waals surface area contributed by atoms with Crippen molar-refractivity contribution in [3.05, 3.63) is 59.7 Å². The molecule has 7 heteroatoms. The molecule has 2 amide bonds. The molecule has 0 unspecified atom stereocenters. The summed E-state index contributed by atoms with van der Waals surface area (Å²) in [5.74, 6) is -1.17. The van der Waals surface area contributed by atoms with Crippen molar-refractivity contribution in [2.24, 2.45) is 5.73 Å². The largest absolute Gasteiger partial charge is 0.479 e. The fourth-order valence-electron chi connectivity index (χ4n) is 2.57. The predicted octanol–water partition coefficient (Wildman–Crippen LogP) is 3.42. The van der Waals surface area contributed by atoms with E-state index in [1.165, 1.54) is 19.1 Å². The Kier molecular flexibility index (Phi) is 7.21. The van der Waals surface area contributed by atoms with Gasteiger partial charge in [0.05, 0.1) is 0 Å². The molecule has 2 aromatic carbocycles. The monoisotopic (exact) mass is 412 g/mol. The molecular weight excluding hydrogens is 384 g/mol. The molecule has 0 fully saturated rings. The van der Waals surface area contributed by atoms with Crippen LogP contribution in [0.15, 0.2) is 48.5 Å². The number of carbonyl (C=O) groups is 3. The molecule has 0 aliphatic carbocycles. The average Bonchev–Trinajstić information content (AvgIpc) is 2.67. The Morgan fingerprint density at radius 3 is 1.97 bits per heavy atom. The first-order chi connectivity index (χ1) is 14.0. The summed E-state index contributed by atoms with van der Waals surface area (Å²) < 4.78 is 10.8. The molecule has 0 aliphatic rings. The van der Waals surface area contributed by atoms with Gasteiger partial charge in [0.25, 0.3) is 5.91 Å². The summed E-state index contributed by atoms with van der Waals surface area (Å²) in [5, 5.41) is 2.61. The number of nitrogens with two attached hydrogens (primary N) is 1. The van der Waals surface area contributed by atoms with E-state index in [-0.39, 0.29) is 5.41 Å². The van der Waals surface area contributed by atoms with Crippen molar-refractivity contribution in [2.45, 2.75) is 52.2 Å². The van der Waals surface area contributed by atoms with E-state index in [4.69, 9.17) is 15.2 Å². The van der Waals surface area contributed by atoms with Crippen LogP contribution in [0.2, 0.25) is 0 Å². The maximum Gasteiger partial charge on any atom is 0.347 e. The third kappa shape index (κ3) is 6.34. The second-order valence-electron chi connectivity index (χ2n) is 8.04. The number of benzene rings is 2. The van der Waals surface area contributed by atoms with Crippen LogP contribution in [0.4, 0.5) is 5.69 Å². The van der Waals surface area contributed by atoms with Gasteiger partial charge in [-0.1, -0.05) is 32.9 Å². The van der Waals surface area contributed by atoms with Gasteiger partial charge in [0.1, 0.15) is 5.75 Å². The van der Waals surface area contributed by atoms with E-state index < -0.39 is 30.0 Å². The van der Waals surface area contributed by atoms with E-state index in [9.17, 15) is 14.4 Å². The normalized spacial score (nSPS) is 13.1. The van der Waals surface area contributed by atoms with Gasteiger partial charge < -0.3 is 20.5 Å². The lowest BCUT2D eigenvalue weighted by Gasteiger charge is -2.20. The third-order valence-electron chi connectivity index (χ3n) is 4.46. The molecule has 0 aromatic heterocycles. The first-order valence-electron chi connectivity index (χ1n) is 9.66. The van der Waals surface area contributed by atoms with Gasteiger partial charge in [0.15, 0.2) is 12.2 Å². The van der Waals surface area contributed by atoms with E-state index in [1.54, 1.807) is 31.2 Å². The highest BCUT2D eigenvalue weighted by Gasteiger charge is 2.23. The number of rotatable bonds is 7. The van der Waals surface area contributed by atoms with Crippen LogP contribution in [0.25, 0.3) is 0 Å². The fraction of sp³-hybridized carbons (Fsp3) is 0.348. The van der Waals surface area contributed by atoms with Crippen molar-refractivity contribution in [3.63, 3.8) is 0 Å². The maximum atomic E-state index is 12.3. The predicted molar refractivity (Wildman–Crippen MR) is 114 cm³/mol. The van der Waals surface area contributed by atoms with Gasteiger partial charge in [-0.05, 0) is 61.2 Å². The molecule has 0 spiro atoms. The zero-order valence-corrected chi connectivity index (χ0v) is 17.9. The van der Waals surface area contributed by atoms with Crippen LogP contribution in [0, 0.1) is 0 Å². The van der Waals surface area contributed by atoms with Crippen LogP contribution in [-0.4, -0.2) is 30.0 Å². The lowest BCUT2D eigenvalue weighted by Crippen LogP contribution is -2.35. The van der Waals surface area contributed by atoms with Crippen LogP contribution in [0.5, 0.6) is 5.75 Å². The number of amides is 2. The Morgan fingerprint density at radius 1 is 0.900 bits per heavy atom. The summed E-state index contributed by atoms with van der Waals surface area (Å²) >= 11 is 0. The van der Waals surface area contributed by atoms with E-state index in [0.717, 1.165) is 5.56 Å². The van der Waals surface area contributed by atoms with Gasteiger partial charge >= 0.3 is 5.97 Å². The summed E-state index contributed by atoms with van der Waals surface area (Å²) in [6.45, 7) is 9.37. The molecule has 0 aliphatic heterocycles. The number of nitrogens with one attached hydrogen (secondary N) is 1. The molecule has 0 saturated carbocycles. The highest BCUT2D eigenvalue weighted by atomic mass is 16.6. The molecule has 160 valence electrons. The maximum absolute atomic E-state index is 12.3. The van der Waals surface area contributed by atoms with E-state index in [0.29, 0.717) is 17.0 Å². The Balaban J connectivity index is 1.89. The SMILES string of the molecule is C[C@@H](OC(=O)[C@@H](C)Oc1ccc(C(C)(C)C)cc1)C(=O)Nc1ccc(C(N)=O)cc1. The average molecular weight is 412 g/mol. The first kappa shape index (κ1) is 22.9. The number of primary amides is 1. The van der Waals surface area contributed by atoms with Crippen molar-refractivity contribution in [3.8, 4) is 5.75 Å². The van der Waals surface area contributed by atoms with Crippen LogP contribution in [0.1, 0.15) is 50.5 Å². The molecule has 2 atom stereocenters. The van der Waals surface area contributed by atoms with Crippen LogP contribution in [-0.2, 0) is 19.7 Å². The molecular formula is C23H28N2O5. The summed E-state index contributed by atoms with van der Waals surface area (Å²) in [7, 11) is 0. The number of anilines is 1. The Bertz CT molecular complexity index is 899. The highest BCUT2D eigenvalue weighted by Crippen LogP contribution is 2.24. The summed E-state index contributed by atoms with van der Waals surface area (Å²) in [6.07, 6.45) is -1.90. The Hall–Kier alpha value is -3.35. The quantitative estimate of drug-likeness (QED) is 0.678. The van der Waals surface area contributed by atoms with Crippen LogP contribution < -0.4 is 15.8 Å². The van der Waals surface area contributed by atoms with Crippen molar-refractivity contribution in [2.75, 3.05) is 5.32 Å². The standard InChI is InChI=1S/C23H28N2O5/c1-14(21(27)25-18-10-6-16(7-11-18)20(24)26)30-22(28)15(2)29-19-12-8-17(9-13-19)23(3,4)5/h6-15H,1-5H3,(H2,24,26)(H,25,27)/t14-,15-/m1/s1. The minimum absolute atomic E-state index is 0.0199. The molecule has 0 heterocycles. The molecule has 2 rings (SSSR count). The Morgan fingerprint density at radius 2 is 1.47 bits per heavy atom. The molecule has 7 nitrogen and oxygen atoms in total. The third-order valence-corrected chi connectivity index (χ3v) is 4.46. The van der Waals surface area contributed by atoms with Crippen molar-refractivity contribution in [1.29, 1.82) is 0 Å². The summed E-state index contributed by atoms with van der Waals surface area (Å²) in [4.78, 5) is 35.6. The van der Waals surface area contributed by atoms with Crippen molar-refractivity contribution in [1.82, 2.24) is 0 Å². The number of ether oxygens (including phenoxy) is 2. The zero-order valence-electron chi connectivity index (χ0n) is 17.9. The van der Waals surface area contributed by atoms with Gasteiger partial charge in [-0.2, -0.15) is 0 Å². The van der Waals surface area contributed by atoms with Crippen LogP contribution in [0.3, 0.4) is 0 Å². The van der Waals surface area contributed by atoms with Crippen molar-refractivity contribution >= 4 is 23.5 Å². The van der Waals surface area contributed by atoms with E-state index in [1.807, 2.05) is 12.1 Å². The lowest BCUT2D eigenvalue weighted by molar-refractivity contribution is -0.159. The van der Waals surface area contributed by atoms with E-state index in [2.05, 4.69) is 26.1 Å².